The minimum absolute atomic E-state index is 0. The van der Waals surface area contributed by atoms with Crippen molar-refractivity contribution in [2.45, 2.75) is 33.6 Å². The van der Waals surface area contributed by atoms with Crippen molar-refractivity contribution < 1.29 is 19.8 Å². The van der Waals surface area contributed by atoms with E-state index in [1.165, 1.54) is 0 Å². The number of aliphatic carboxylic acids is 2. The molecule has 1 fully saturated rings. The van der Waals surface area contributed by atoms with Crippen LogP contribution < -0.4 is 12.3 Å². The first-order chi connectivity index (χ1) is 6.23. The summed E-state index contributed by atoms with van der Waals surface area (Å²) in [6.45, 7) is 5.10. The molecule has 6 nitrogen and oxygen atoms in total. The van der Waals surface area contributed by atoms with Crippen molar-refractivity contribution >= 4 is 11.9 Å². The molecule has 0 aromatic carbocycles. The van der Waals surface area contributed by atoms with Crippen LogP contribution in [0.15, 0.2) is 0 Å². The number of hydrogen-bond acceptors (Lipinski definition) is 4. The number of carboxylic acid groups (broad SMARTS) is 2. The van der Waals surface area contributed by atoms with Crippen LogP contribution in [0.1, 0.15) is 33.6 Å². The fourth-order valence-corrected chi connectivity index (χ4v) is 2.32. The second-order valence-electron chi connectivity index (χ2n) is 4.79. The Balaban J connectivity index is 0. The Hall–Kier alpha value is -1.14. The molecule has 2 atom stereocenters. The molecule has 1 rings (SSSR count). The summed E-state index contributed by atoms with van der Waals surface area (Å²) in [5.41, 5.74) is -1.61. The first-order valence-electron chi connectivity index (χ1n) is 4.69. The van der Waals surface area contributed by atoms with Gasteiger partial charge in [-0.1, -0.05) is 13.8 Å². The molecule has 1 aliphatic rings. The van der Waals surface area contributed by atoms with Crippen molar-refractivity contribution in [1.82, 2.24) is 12.3 Å². The molecule has 0 spiro atoms. The zero-order chi connectivity index (χ0) is 11.1. The molecule has 0 aliphatic heterocycles. The van der Waals surface area contributed by atoms with Crippen molar-refractivity contribution in [2.24, 2.45) is 16.7 Å². The summed E-state index contributed by atoms with van der Waals surface area (Å²) in [7, 11) is 0. The summed E-state index contributed by atoms with van der Waals surface area (Å²) >= 11 is 0. The van der Waals surface area contributed by atoms with Gasteiger partial charge in [-0.05, 0) is 25.2 Å². The van der Waals surface area contributed by atoms with Crippen LogP contribution >= 0.6 is 0 Å². The zero-order valence-corrected chi connectivity index (χ0v) is 10.1. The van der Waals surface area contributed by atoms with Crippen LogP contribution in [0.3, 0.4) is 0 Å². The number of hydrogen-bond donors (Lipinski definition) is 4. The molecular weight excluding hydrogens is 212 g/mol. The van der Waals surface area contributed by atoms with Gasteiger partial charge in [0.25, 0.3) is 0 Å². The van der Waals surface area contributed by atoms with Gasteiger partial charge in [-0.25, -0.2) is 0 Å². The Morgan fingerprint density at radius 3 is 1.75 bits per heavy atom. The smallest absolute Gasteiger partial charge is 0.309 e. The first kappa shape index (κ1) is 17.3. The first-order valence-corrected chi connectivity index (χ1v) is 4.69. The van der Waals surface area contributed by atoms with Gasteiger partial charge < -0.3 is 22.5 Å². The Labute approximate surface area is 95.2 Å². The summed E-state index contributed by atoms with van der Waals surface area (Å²) in [6, 6.07) is 0. The lowest BCUT2D eigenvalue weighted by atomic mass is 9.66. The van der Waals surface area contributed by atoms with Crippen LogP contribution in [0.5, 0.6) is 0 Å². The molecule has 1 aliphatic carbocycles. The molecule has 0 heterocycles. The Morgan fingerprint density at radius 1 is 1.12 bits per heavy atom. The van der Waals surface area contributed by atoms with Crippen LogP contribution in [-0.2, 0) is 9.59 Å². The largest absolute Gasteiger partial charge is 0.481 e. The normalized spacial score (nSPS) is 31.1. The summed E-state index contributed by atoms with van der Waals surface area (Å²) in [5, 5.41) is 18.1. The van der Waals surface area contributed by atoms with Gasteiger partial charge in [0.2, 0.25) is 0 Å². The second-order valence-corrected chi connectivity index (χ2v) is 4.79. The molecule has 2 unspecified atom stereocenters. The molecule has 0 aromatic heterocycles. The van der Waals surface area contributed by atoms with Gasteiger partial charge in [0.05, 0.1) is 11.3 Å². The maximum Gasteiger partial charge on any atom is 0.309 e. The Kier molecular flexibility index (Phi) is 5.17. The van der Waals surface area contributed by atoms with E-state index in [9.17, 15) is 9.59 Å². The van der Waals surface area contributed by atoms with Crippen LogP contribution in [0.2, 0.25) is 0 Å². The lowest BCUT2D eigenvalue weighted by Gasteiger charge is -2.36. The van der Waals surface area contributed by atoms with E-state index < -0.39 is 28.7 Å². The molecule has 0 radical (unpaired) electrons. The molecular formula is C10H22N2O4. The highest BCUT2D eigenvalue weighted by molar-refractivity contribution is 5.80. The van der Waals surface area contributed by atoms with Crippen LogP contribution in [0, 0.1) is 16.7 Å². The average Bonchev–Trinajstić information content (AvgIpc) is 2.24. The summed E-state index contributed by atoms with van der Waals surface area (Å²) < 4.78 is 0. The van der Waals surface area contributed by atoms with Gasteiger partial charge in [0.15, 0.2) is 0 Å². The van der Waals surface area contributed by atoms with E-state index in [2.05, 4.69) is 0 Å². The molecule has 0 aromatic rings. The molecule has 0 amide bonds. The van der Waals surface area contributed by atoms with E-state index in [0.717, 1.165) is 0 Å². The zero-order valence-electron chi connectivity index (χ0n) is 10.1. The number of carbonyl (C=O) groups is 2. The molecule has 96 valence electrons. The molecule has 0 bridgehead atoms. The monoisotopic (exact) mass is 234 g/mol. The van der Waals surface area contributed by atoms with Gasteiger partial charge >= 0.3 is 11.9 Å². The van der Waals surface area contributed by atoms with Crippen molar-refractivity contribution in [3.8, 4) is 0 Å². The third kappa shape index (κ3) is 2.03. The van der Waals surface area contributed by atoms with Crippen molar-refractivity contribution in [2.75, 3.05) is 0 Å². The molecule has 1 saturated carbocycles. The van der Waals surface area contributed by atoms with Gasteiger partial charge in [-0.2, -0.15) is 0 Å². The number of rotatable bonds is 2. The molecule has 6 heteroatoms. The third-order valence-corrected chi connectivity index (χ3v) is 4.00. The molecule has 0 saturated heterocycles. The van der Waals surface area contributed by atoms with Crippen LogP contribution in [0.25, 0.3) is 0 Å². The average molecular weight is 234 g/mol. The lowest BCUT2D eigenvalue weighted by Crippen LogP contribution is -2.42. The Bertz CT molecular complexity index is 291. The van der Waals surface area contributed by atoms with E-state index in [1.54, 1.807) is 20.8 Å². The number of carboxylic acids is 2. The van der Waals surface area contributed by atoms with E-state index in [1.807, 2.05) is 0 Å². The van der Waals surface area contributed by atoms with Gasteiger partial charge in [0.1, 0.15) is 0 Å². The summed E-state index contributed by atoms with van der Waals surface area (Å²) in [6.07, 6.45) is 0.886. The highest BCUT2D eigenvalue weighted by Crippen LogP contribution is 2.56. The minimum Gasteiger partial charge on any atom is -0.481 e. The van der Waals surface area contributed by atoms with E-state index in [0.29, 0.717) is 12.8 Å². The molecule has 16 heavy (non-hydrogen) atoms. The van der Waals surface area contributed by atoms with Gasteiger partial charge in [0, 0.05) is 0 Å². The van der Waals surface area contributed by atoms with Gasteiger partial charge in [-0.15, -0.1) is 0 Å². The highest BCUT2D eigenvalue weighted by Gasteiger charge is 2.58. The maximum absolute atomic E-state index is 11.1. The standard InChI is InChI=1S/C10H16O4.2H3N/c1-9(2)6(7(11)12)4-5-10(9,3)8(13)14;;/h6H,4-5H2,1-3H3,(H,11,12)(H,13,14);2*1H3. The molecule has 8 N–H and O–H groups in total. The fraction of sp³-hybridized carbons (Fsp3) is 0.800. The van der Waals surface area contributed by atoms with Crippen molar-refractivity contribution in [3.05, 3.63) is 0 Å². The lowest BCUT2D eigenvalue weighted by molar-refractivity contribution is -0.157. The quantitative estimate of drug-likeness (QED) is 0.574. The third-order valence-electron chi connectivity index (χ3n) is 4.00. The minimum atomic E-state index is -0.921. The van der Waals surface area contributed by atoms with Gasteiger partial charge in [-0.3, -0.25) is 9.59 Å². The van der Waals surface area contributed by atoms with E-state index in [4.69, 9.17) is 10.2 Å². The summed E-state index contributed by atoms with van der Waals surface area (Å²) in [4.78, 5) is 22.0. The summed E-state index contributed by atoms with van der Waals surface area (Å²) in [5.74, 6) is -2.34. The predicted molar refractivity (Wildman–Crippen MR) is 59.9 cm³/mol. The van der Waals surface area contributed by atoms with Crippen molar-refractivity contribution in [3.63, 3.8) is 0 Å². The van der Waals surface area contributed by atoms with E-state index in [-0.39, 0.29) is 12.3 Å². The topological polar surface area (TPSA) is 145 Å². The van der Waals surface area contributed by atoms with Crippen LogP contribution in [-0.4, -0.2) is 22.2 Å². The predicted octanol–water partition coefficient (Wildman–Crippen LogP) is 1.92. The SMILES string of the molecule is CC1(C(=O)O)CCC(C(=O)O)C1(C)C.N.N. The highest BCUT2D eigenvalue weighted by atomic mass is 16.4. The van der Waals surface area contributed by atoms with E-state index >= 15 is 0 Å². The van der Waals surface area contributed by atoms with Crippen LogP contribution in [0.4, 0.5) is 0 Å². The second kappa shape index (κ2) is 4.80. The maximum atomic E-state index is 11.1. The van der Waals surface area contributed by atoms with Crippen molar-refractivity contribution in [1.29, 1.82) is 0 Å². The Morgan fingerprint density at radius 2 is 1.56 bits per heavy atom. The fourth-order valence-electron chi connectivity index (χ4n) is 2.32.